The fourth-order valence-electron chi connectivity index (χ4n) is 4.45. The molecular formula is C27H29N3O. The lowest BCUT2D eigenvalue weighted by atomic mass is 9.92. The van der Waals surface area contributed by atoms with Crippen LogP contribution in [0.15, 0.2) is 65.3 Å². The van der Waals surface area contributed by atoms with Crippen molar-refractivity contribution in [1.29, 1.82) is 0 Å². The molecule has 0 spiro atoms. The van der Waals surface area contributed by atoms with E-state index in [0.717, 1.165) is 16.5 Å². The molecule has 4 heteroatoms. The summed E-state index contributed by atoms with van der Waals surface area (Å²) in [6.07, 6.45) is 4.20. The lowest BCUT2D eigenvalue weighted by Crippen LogP contribution is -2.26. The van der Waals surface area contributed by atoms with Gasteiger partial charge in [-0.3, -0.25) is 0 Å². The zero-order valence-electron chi connectivity index (χ0n) is 21.4. The summed E-state index contributed by atoms with van der Waals surface area (Å²) in [5, 5.41) is 1.74. The molecule has 0 saturated heterocycles. The SMILES string of the molecule is [2H]C([2H])([2H])c1ccc2c(n1)oc1c(N3C=CN(c4c(C(C)C)cccc4C(C)C)C3)cccc12. The Labute approximate surface area is 188 Å². The first-order valence-corrected chi connectivity index (χ1v) is 10.8. The molecule has 0 N–H and O–H groups in total. The minimum absolute atomic E-state index is 0.0411. The average Bonchev–Trinajstić information content (AvgIpc) is 3.42. The van der Waals surface area contributed by atoms with E-state index in [1.54, 1.807) is 12.1 Å². The minimum Gasteiger partial charge on any atom is -0.435 e. The fourth-order valence-corrected chi connectivity index (χ4v) is 4.45. The van der Waals surface area contributed by atoms with Crippen LogP contribution in [0.4, 0.5) is 11.4 Å². The Bertz CT molecular complexity index is 1380. The number of benzene rings is 2. The van der Waals surface area contributed by atoms with E-state index in [9.17, 15) is 0 Å². The Kier molecular flexibility index (Phi) is 3.95. The molecular weight excluding hydrogens is 382 g/mol. The summed E-state index contributed by atoms with van der Waals surface area (Å²) in [6, 6.07) is 16.0. The predicted octanol–water partition coefficient (Wildman–Crippen LogP) is 7.29. The standard InChI is InChI=1S/C27H29N3O/c1-17(2)20-8-6-9-21(18(3)4)25(20)30-15-14-29(16-30)24-11-7-10-22-23-13-12-19(5)28-27(23)31-26(22)24/h6-15,17-18H,16H2,1-5H3/i5D3. The summed E-state index contributed by atoms with van der Waals surface area (Å²) < 4.78 is 29.1. The second-order valence-corrected chi connectivity index (χ2v) is 8.78. The summed E-state index contributed by atoms with van der Waals surface area (Å²) in [5.74, 6) is 0.821. The number of aromatic nitrogens is 1. The molecule has 0 aliphatic carbocycles. The van der Waals surface area contributed by atoms with Crippen LogP contribution in [0.3, 0.4) is 0 Å². The number of rotatable bonds is 4. The number of aryl methyl sites for hydroxylation is 1. The molecule has 3 heterocycles. The van der Waals surface area contributed by atoms with Gasteiger partial charge in [-0.2, -0.15) is 0 Å². The molecule has 0 saturated carbocycles. The smallest absolute Gasteiger partial charge is 0.227 e. The normalized spacial score (nSPS) is 16.0. The molecule has 5 rings (SSSR count). The highest BCUT2D eigenvalue weighted by molar-refractivity contribution is 6.08. The summed E-state index contributed by atoms with van der Waals surface area (Å²) >= 11 is 0. The molecule has 1 aliphatic heterocycles. The van der Waals surface area contributed by atoms with Crippen molar-refractivity contribution in [3.63, 3.8) is 0 Å². The van der Waals surface area contributed by atoms with Crippen LogP contribution < -0.4 is 9.80 Å². The summed E-state index contributed by atoms with van der Waals surface area (Å²) in [6.45, 7) is 7.32. The maximum atomic E-state index is 7.67. The van der Waals surface area contributed by atoms with E-state index in [2.05, 4.69) is 73.1 Å². The van der Waals surface area contributed by atoms with Gasteiger partial charge in [0.25, 0.3) is 0 Å². The fraction of sp³-hybridized carbons (Fsp3) is 0.296. The molecule has 0 radical (unpaired) electrons. The molecule has 0 fully saturated rings. The largest absolute Gasteiger partial charge is 0.435 e. The van der Waals surface area contributed by atoms with Crippen molar-refractivity contribution in [2.75, 3.05) is 16.5 Å². The zero-order valence-corrected chi connectivity index (χ0v) is 18.4. The highest BCUT2D eigenvalue weighted by atomic mass is 16.3. The van der Waals surface area contributed by atoms with Gasteiger partial charge in [-0.05, 0) is 48.0 Å². The Balaban J connectivity index is 1.56. The molecule has 0 unspecified atom stereocenters. The Hall–Kier alpha value is -3.27. The monoisotopic (exact) mass is 414 g/mol. The number of hydrogen-bond donors (Lipinski definition) is 0. The van der Waals surface area contributed by atoms with E-state index in [4.69, 9.17) is 8.53 Å². The summed E-state index contributed by atoms with van der Waals surface area (Å²) in [5.41, 5.74) is 5.97. The van der Waals surface area contributed by atoms with Crippen molar-refractivity contribution in [3.8, 4) is 0 Å². The zero-order chi connectivity index (χ0) is 24.2. The van der Waals surface area contributed by atoms with Crippen molar-refractivity contribution in [1.82, 2.24) is 4.98 Å². The number of hydrogen-bond acceptors (Lipinski definition) is 4. The number of nitrogens with zero attached hydrogens (tertiary/aromatic N) is 3. The topological polar surface area (TPSA) is 32.5 Å². The van der Waals surface area contributed by atoms with E-state index in [1.807, 2.05) is 18.2 Å². The molecule has 0 bridgehead atoms. The molecule has 0 atom stereocenters. The van der Waals surface area contributed by atoms with Crippen LogP contribution in [0, 0.1) is 6.85 Å². The van der Waals surface area contributed by atoms with Crippen molar-refractivity contribution in [2.24, 2.45) is 0 Å². The van der Waals surface area contributed by atoms with Crippen LogP contribution in [0.5, 0.6) is 0 Å². The molecule has 158 valence electrons. The molecule has 2 aromatic carbocycles. The first-order valence-electron chi connectivity index (χ1n) is 12.3. The molecule has 31 heavy (non-hydrogen) atoms. The van der Waals surface area contributed by atoms with Gasteiger partial charge in [-0.25, -0.2) is 4.98 Å². The van der Waals surface area contributed by atoms with Crippen LogP contribution >= 0.6 is 0 Å². The van der Waals surface area contributed by atoms with E-state index in [1.165, 1.54) is 16.8 Å². The van der Waals surface area contributed by atoms with E-state index in [0.29, 0.717) is 29.8 Å². The average molecular weight is 415 g/mol. The van der Waals surface area contributed by atoms with Crippen LogP contribution in [0.25, 0.3) is 22.1 Å². The Morgan fingerprint density at radius 1 is 0.871 bits per heavy atom. The van der Waals surface area contributed by atoms with Crippen molar-refractivity contribution >= 4 is 33.4 Å². The van der Waals surface area contributed by atoms with E-state index in [-0.39, 0.29) is 5.69 Å². The van der Waals surface area contributed by atoms with Crippen molar-refractivity contribution in [3.05, 3.63) is 77.8 Å². The van der Waals surface area contributed by atoms with Gasteiger partial charge < -0.3 is 14.2 Å². The first-order chi connectivity index (χ1) is 16.1. The number of anilines is 2. The van der Waals surface area contributed by atoms with Crippen LogP contribution in [-0.4, -0.2) is 11.7 Å². The van der Waals surface area contributed by atoms with E-state index >= 15 is 0 Å². The summed E-state index contributed by atoms with van der Waals surface area (Å²) in [7, 11) is 0. The van der Waals surface area contributed by atoms with Gasteiger partial charge >= 0.3 is 0 Å². The highest BCUT2D eigenvalue weighted by Gasteiger charge is 2.24. The van der Waals surface area contributed by atoms with Crippen LogP contribution in [0.1, 0.15) is 60.5 Å². The third-order valence-corrected chi connectivity index (χ3v) is 6.01. The Morgan fingerprint density at radius 2 is 1.58 bits per heavy atom. The number of pyridine rings is 1. The maximum Gasteiger partial charge on any atom is 0.227 e. The van der Waals surface area contributed by atoms with Gasteiger partial charge in [0.2, 0.25) is 5.71 Å². The lowest BCUT2D eigenvalue weighted by Gasteiger charge is -2.28. The third kappa shape index (κ3) is 3.27. The third-order valence-electron chi connectivity index (χ3n) is 6.01. The number of para-hydroxylation sites is 2. The first kappa shape index (κ1) is 16.4. The molecule has 0 amide bonds. The number of fused-ring (bicyclic) bond motifs is 3. The molecule has 4 aromatic rings. The maximum absolute atomic E-state index is 7.67. The van der Waals surface area contributed by atoms with Crippen molar-refractivity contribution in [2.45, 2.75) is 46.4 Å². The second-order valence-electron chi connectivity index (χ2n) is 8.78. The van der Waals surface area contributed by atoms with Gasteiger partial charge in [0, 0.05) is 38.7 Å². The predicted molar refractivity (Wildman–Crippen MR) is 130 cm³/mol. The molecule has 1 aliphatic rings. The van der Waals surface area contributed by atoms with Crippen LogP contribution in [0.2, 0.25) is 0 Å². The molecule has 2 aromatic heterocycles. The van der Waals surface area contributed by atoms with Gasteiger partial charge in [0.05, 0.1) is 12.4 Å². The molecule has 4 nitrogen and oxygen atoms in total. The van der Waals surface area contributed by atoms with Gasteiger partial charge in [-0.1, -0.05) is 58.0 Å². The minimum atomic E-state index is -2.27. The highest BCUT2D eigenvalue weighted by Crippen LogP contribution is 2.39. The van der Waals surface area contributed by atoms with Gasteiger partial charge in [0.1, 0.15) is 0 Å². The number of furan rings is 1. The second kappa shape index (κ2) is 7.45. The lowest BCUT2D eigenvalue weighted by molar-refractivity contribution is 0.651. The van der Waals surface area contributed by atoms with Gasteiger partial charge in [-0.15, -0.1) is 0 Å². The van der Waals surface area contributed by atoms with Crippen molar-refractivity contribution < 1.29 is 8.53 Å². The van der Waals surface area contributed by atoms with E-state index < -0.39 is 6.85 Å². The van der Waals surface area contributed by atoms with Gasteiger partial charge in [0.15, 0.2) is 5.58 Å². The Morgan fingerprint density at radius 3 is 2.29 bits per heavy atom. The quantitative estimate of drug-likeness (QED) is 0.351. The van der Waals surface area contributed by atoms with Crippen LogP contribution in [-0.2, 0) is 0 Å². The summed E-state index contributed by atoms with van der Waals surface area (Å²) in [4.78, 5) is 8.77.